The molecule has 0 fully saturated rings. The Balaban J connectivity index is 2.66. The summed E-state index contributed by atoms with van der Waals surface area (Å²) in [6.45, 7) is 4.15. The normalized spacial score (nSPS) is 10.1. The molecule has 0 heterocycles. The topological polar surface area (TPSA) is 32.3 Å². The third-order valence-corrected chi connectivity index (χ3v) is 1.32. The van der Waals surface area contributed by atoms with E-state index in [4.69, 9.17) is 5.11 Å². The Morgan fingerprint density at radius 2 is 1.73 bits per heavy atom. The predicted molar refractivity (Wildman–Crippen MR) is 46.9 cm³/mol. The maximum Gasteiger partial charge on any atom is 0.115 e. The van der Waals surface area contributed by atoms with Gasteiger partial charge in [-0.3, -0.25) is 0 Å². The zero-order valence-electron chi connectivity index (χ0n) is 6.83. The summed E-state index contributed by atoms with van der Waals surface area (Å²) in [6, 6.07) is 7.49. The lowest BCUT2D eigenvalue weighted by molar-refractivity contribution is 0.475. The molecule has 0 aliphatic heterocycles. The summed E-state index contributed by atoms with van der Waals surface area (Å²) in [6.07, 6.45) is 0. The SMILES string of the molecule is CC(C)Nc1ccc(O)cc1. The van der Waals surface area contributed by atoms with E-state index in [1.54, 1.807) is 12.1 Å². The molecule has 1 aromatic rings. The highest BCUT2D eigenvalue weighted by atomic mass is 16.3. The van der Waals surface area contributed by atoms with Gasteiger partial charge in [0.25, 0.3) is 0 Å². The largest absolute Gasteiger partial charge is 0.508 e. The number of phenolic OH excluding ortho intramolecular Hbond substituents is 1. The Labute approximate surface area is 66.9 Å². The van der Waals surface area contributed by atoms with Crippen molar-refractivity contribution in [1.82, 2.24) is 0 Å². The molecule has 0 saturated carbocycles. The van der Waals surface area contributed by atoms with Gasteiger partial charge in [0.15, 0.2) is 0 Å². The average Bonchev–Trinajstić information content (AvgIpc) is 1.93. The second kappa shape index (κ2) is 3.28. The highest BCUT2D eigenvalue weighted by molar-refractivity contribution is 5.46. The first kappa shape index (κ1) is 7.92. The second-order valence-corrected chi connectivity index (χ2v) is 2.85. The average molecular weight is 151 g/mol. The summed E-state index contributed by atoms with van der Waals surface area (Å²) in [5.41, 5.74) is 1.04. The number of phenols is 1. The maximum atomic E-state index is 8.96. The molecule has 0 aliphatic rings. The minimum atomic E-state index is 0.305. The van der Waals surface area contributed by atoms with E-state index in [2.05, 4.69) is 19.2 Å². The summed E-state index contributed by atoms with van der Waals surface area (Å²) >= 11 is 0. The smallest absolute Gasteiger partial charge is 0.115 e. The van der Waals surface area contributed by atoms with Gasteiger partial charge in [-0.25, -0.2) is 0 Å². The zero-order valence-corrected chi connectivity index (χ0v) is 6.83. The van der Waals surface area contributed by atoms with Crippen LogP contribution < -0.4 is 5.32 Å². The highest BCUT2D eigenvalue weighted by Crippen LogP contribution is 2.14. The van der Waals surface area contributed by atoms with Crippen LogP contribution in [0.25, 0.3) is 0 Å². The molecule has 1 rings (SSSR count). The van der Waals surface area contributed by atoms with Gasteiger partial charge in [-0.2, -0.15) is 0 Å². The van der Waals surface area contributed by atoms with Crippen molar-refractivity contribution in [3.8, 4) is 5.75 Å². The number of nitrogens with one attached hydrogen (secondary N) is 1. The van der Waals surface area contributed by atoms with Crippen LogP contribution in [0.4, 0.5) is 5.69 Å². The molecule has 11 heavy (non-hydrogen) atoms. The summed E-state index contributed by atoms with van der Waals surface area (Å²) in [4.78, 5) is 0. The van der Waals surface area contributed by atoms with E-state index < -0.39 is 0 Å². The van der Waals surface area contributed by atoms with Crippen molar-refractivity contribution in [3.05, 3.63) is 24.3 Å². The van der Waals surface area contributed by atoms with Crippen LogP contribution in [0, 0.1) is 0 Å². The van der Waals surface area contributed by atoms with Gasteiger partial charge in [0.05, 0.1) is 0 Å². The standard InChI is InChI=1S/C9H13NO/c1-7(2)10-8-3-5-9(11)6-4-8/h3-7,10-11H,1-2H3. The third kappa shape index (κ3) is 2.50. The fraction of sp³-hybridized carbons (Fsp3) is 0.333. The molecule has 0 aliphatic carbocycles. The van der Waals surface area contributed by atoms with E-state index in [1.807, 2.05) is 12.1 Å². The van der Waals surface area contributed by atoms with Crippen molar-refractivity contribution in [2.45, 2.75) is 19.9 Å². The van der Waals surface area contributed by atoms with E-state index >= 15 is 0 Å². The number of aromatic hydroxyl groups is 1. The van der Waals surface area contributed by atoms with Gasteiger partial charge in [0.1, 0.15) is 5.75 Å². The molecule has 60 valence electrons. The lowest BCUT2D eigenvalue weighted by atomic mass is 10.3. The quantitative estimate of drug-likeness (QED) is 0.635. The van der Waals surface area contributed by atoms with Crippen molar-refractivity contribution < 1.29 is 5.11 Å². The van der Waals surface area contributed by atoms with Gasteiger partial charge in [-0.05, 0) is 38.1 Å². The summed E-state index contributed by atoms with van der Waals surface area (Å²) in [7, 11) is 0. The van der Waals surface area contributed by atoms with Crippen LogP contribution in [0.5, 0.6) is 5.75 Å². The number of hydrogen-bond donors (Lipinski definition) is 2. The van der Waals surface area contributed by atoms with Crippen molar-refractivity contribution >= 4 is 5.69 Å². The molecular weight excluding hydrogens is 138 g/mol. The van der Waals surface area contributed by atoms with E-state index in [0.29, 0.717) is 11.8 Å². The minimum Gasteiger partial charge on any atom is -0.508 e. The van der Waals surface area contributed by atoms with E-state index in [1.165, 1.54) is 0 Å². The molecule has 2 nitrogen and oxygen atoms in total. The molecule has 1 aromatic carbocycles. The first-order valence-electron chi connectivity index (χ1n) is 3.74. The Morgan fingerprint density at radius 3 is 2.18 bits per heavy atom. The molecular formula is C9H13NO. The summed E-state index contributed by atoms with van der Waals surface area (Å²) < 4.78 is 0. The Hall–Kier alpha value is -1.18. The number of hydrogen-bond acceptors (Lipinski definition) is 2. The minimum absolute atomic E-state index is 0.305. The number of benzene rings is 1. The van der Waals surface area contributed by atoms with Gasteiger partial charge >= 0.3 is 0 Å². The zero-order chi connectivity index (χ0) is 8.27. The van der Waals surface area contributed by atoms with Crippen LogP contribution in [-0.2, 0) is 0 Å². The summed E-state index contributed by atoms with van der Waals surface area (Å²) in [5, 5.41) is 12.2. The van der Waals surface area contributed by atoms with Crippen molar-refractivity contribution in [3.63, 3.8) is 0 Å². The van der Waals surface area contributed by atoms with Gasteiger partial charge in [0, 0.05) is 11.7 Å². The first-order chi connectivity index (χ1) is 5.18. The van der Waals surface area contributed by atoms with Crippen LogP contribution in [0.3, 0.4) is 0 Å². The van der Waals surface area contributed by atoms with Crippen molar-refractivity contribution in [1.29, 1.82) is 0 Å². The highest BCUT2D eigenvalue weighted by Gasteiger charge is 1.93. The lowest BCUT2D eigenvalue weighted by Crippen LogP contribution is -2.08. The molecule has 0 radical (unpaired) electrons. The van der Waals surface area contributed by atoms with Crippen LogP contribution >= 0.6 is 0 Å². The van der Waals surface area contributed by atoms with E-state index in [9.17, 15) is 0 Å². The molecule has 2 N–H and O–H groups in total. The lowest BCUT2D eigenvalue weighted by Gasteiger charge is -2.08. The van der Waals surface area contributed by atoms with Crippen molar-refractivity contribution in [2.24, 2.45) is 0 Å². The van der Waals surface area contributed by atoms with Gasteiger partial charge in [-0.15, -0.1) is 0 Å². The maximum absolute atomic E-state index is 8.96. The molecule has 0 bridgehead atoms. The van der Waals surface area contributed by atoms with Gasteiger partial charge < -0.3 is 10.4 Å². The molecule has 0 spiro atoms. The van der Waals surface area contributed by atoms with Gasteiger partial charge in [0.2, 0.25) is 0 Å². The summed E-state index contributed by atoms with van der Waals surface area (Å²) in [5.74, 6) is 0.305. The fourth-order valence-electron chi connectivity index (χ4n) is 0.891. The van der Waals surface area contributed by atoms with Crippen LogP contribution in [0.2, 0.25) is 0 Å². The molecule has 0 aromatic heterocycles. The predicted octanol–water partition coefficient (Wildman–Crippen LogP) is 2.21. The van der Waals surface area contributed by atoms with Crippen LogP contribution in [-0.4, -0.2) is 11.1 Å². The van der Waals surface area contributed by atoms with Crippen molar-refractivity contribution in [2.75, 3.05) is 5.32 Å². The molecule has 0 amide bonds. The van der Waals surface area contributed by atoms with Crippen LogP contribution in [0.15, 0.2) is 24.3 Å². The van der Waals surface area contributed by atoms with E-state index in [0.717, 1.165) is 5.69 Å². The third-order valence-electron chi connectivity index (χ3n) is 1.32. The number of rotatable bonds is 2. The Kier molecular flexibility index (Phi) is 2.36. The van der Waals surface area contributed by atoms with Gasteiger partial charge in [-0.1, -0.05) is 0 Å². The fourth-order valence-corrected chi connectivity index (χ4v) is 0.891. The molecule has 2 heteroatoms. The Morgan fingerprint density at radius 1 is 1.18 bits per heavy atom. The Bertz CT molecular complexity index is 216. The first-order valence-corrected chi connectivity index (χ1v) is 3.74. The molecule has 0 saturated heterocycles. The van der Waals surface area contributed by atoms with E-state index in [-0.39, 0.29) is 0 Å². The molecule has 0 atom stereocenters. The number of anilines is 1. The van der Waals surface area contributed by atoms with Crippen LogP contribution in [0.1, 0.15) is 13.8 Å². The second-order valence-electron chi connectivity index (χ2n) is 2.85. The monoisotopic (exact) mass is 151 g/mol. The molecule has 0 unspecified atom stereocenters.